The highest BCUT2D eigenvalue weighted by molar-refractivity contribution is 5.92. The number of aryl methyl sites for hydroxylation is 2. The highest BCUT2D eigenvalue weighted by atomic mass is 16.2. The molecule has 0 spiro atoms. The molecule has 0 radical (unpaired) electrons. The summed E-state index contributed by atoms with van der Waals surface area (Å²) in [4.78, 5) is 28.8. The third-order valence-electron chi connectivity index (χ3n) is 5.14. The molecule has 0 atom stereocenters. The number of anilines is 1. The van der Waals surface area contributed by atoms with Crippen LogP contribution in [0.2, 0.25) is 0 Å². The van der Waals surface area contributed by atoms with E-state index in [1.54, 1.807) is 0 Å². The summed E-state index contributed by atoms with van der Waals surface area (Å²) < 4.78 is 1.82. The minimum Gasteiger partial charge on any atom is -0.340 e. The average Bonchev–Trinajstić information content (AvgIpc) is 2.89. The highest BCUT2D eigenvalue weighted by Crippen LogP contribution is 2.15. The number of carbonyl (C=O) groups is 2. The van der Waals surface area contributed by atoms with Crippen molar-refractivity contribution in [2.45, 2.75) is 20.3 Å². The first-order valence-corrected chi connectivity index (χ1v) is 9.28. The summed E-state index contributed by atoms with van der Waals surface area (Å²) in [6.45, 7) is 6.99. The number of aromatic nitrogens is 2. The van der Waals surface area contributed by atoms with Crippen LogP contribution >= 0.6 is 0 Å². The van der Waals surface area contributed by atoms with Gasteiger partial charge in [0, 0.05) is 50.2 Å². The number of amides is 2. The molecule has 3 rings (SSSR count). The SMILES string of the molecule is Cc1nn(C)c(C)c1CC(=O)N1CCN(CC(=O)Nc2ccccc2)CC1. The zero-order chi connectivity index (χ0) is 19.4. The maximum absolute atomic E-state index is 12.6. The molecular formula is C20H27N5O2. The Morgan fingerprint density at radius 3 is 2.33 bits per heavy atom. The smallest absolute Gasteiger partial charge is 0.238 e. The monoisotopic (exact) mass is 369 g/mol. The van der Waals surface area contributed by atoms with Crippen molar-refractivity contribution in [3.63, 3.8) is 0 Å². The maximum atomic E-state index is 12.6. The summed E-state index contributed by atoms with van der Waals surface area (Å²) in [6, 6.07) is 9.45. The maximum Gasteiger partial charge on any atom is 0.238 e. The van der Waals surface area contributed by atoms with Gasteiger partial charge in [-0.1, -0.05) is 18.2 Å². The van der Waals surface area contributed by atoms with Crippen LogP contribution in [-0.2, 0) is 23.1 Å². The van der Waals surface area contributed by atoms with E-state index in [4.69, 9.17) is 0 Å². The van der Waals surface area contributed by atoms with Crippen LogP contribution in [0, 0.1) is 13.8 Å². The number of carbonyl (C=O) groups excluding carboxylic acids is 2. The number of benzene rings is 1. The molecule has 1 aliphatic rings. The predicted octanol–water partition coefficient (Wildman–Crippen LogP) is 1.36. The second-order valence-corrected chi connectivity index (χ2v) is 7.02. The molecule has 27 heavy (non-hydrogen) atoms. The quantitative estimate of drug-likeness (QED) is 0.864. The van der Waals surface area contributed by atoms with E-state index >= 15 is 0 Å². The van der Waals surface area contributed by atoms with Gasteiger partial charge in [-0.3, -0.25) is 19.2 Å². The third-order valence-corrected chi connectivity index (χ3v) is 5.14. The van der Waals surface area contributed by atoms with Gasteiger partial charge in [0.2, 0.25) is 11.8 Å². The van der Waals surface area contributed by atoms with Gasteiger partial charge in [0.25, 0.3) is 0 Å². The molecule has 2 aromatic rings. The Morgan fingerprint density at radius 2 is 1.74 bits per heavy atom. The standard InChI is InChI=1S/C20H27N5O2/c1-15-18(16(2)23(3)22-15)13-20(27)25-11-9-24(10-12-25)14-19(26)21-17-7-5-4-6-8-17/h4-8H,9-14H2,1-3H3,(H,21,26). The summed E-state index contributed by atoms with van der Waals surface area (Å²) in [7, 11) is 1.90. The second-order valence-electron chi connectivity index (χ2n) is 7.02. The number of nitrogens with one attached hydrogen (secondary N) is 1. The van der Waals surface area contributed by atoms with E-state index in [0.29, 0.717) is 39.1 Å². The lowest BCUT2D eigenvalue weighted by molar-refractivity contribution is -0.132. The van der Waals surface area contributed by atoms with Crippen molar-refractivity contribution in [1.29, 1.82) is 0 Å². The summed E-state index contributed by atoms with van der Waals surface area (Å²) in [5.41, 5.74) is 3.78. The topological polar surface area (TPSA) is 70.5 Å². The van der Waals surface area contributed by atoms with Crippen LogP contribution in [-0.4, -0.2) is 64.1 Å². The molecule has 1 aromatic carbocycles. The Hall–Kier alpha value is -2.67. The Balaban J connectivity index is 1.47. The molecule has 0 bridgehead atoms. The molecule has 144 valence electrons. The molecule has 1 saturated heterocycles. The lowest BCUT2D eigenvalue weighted by Crippen LogP contribution is -2.50. The van der Waals surface area contributed by atoms with Gasteiger partial charge in [0.1, 0.15) is 0 Å². The Labute approximate surface area is 159 Å². The lowest BCUT2D eigenvalue weighted by atomic mass is 10.1. The lowest BCUT2D eigenvalue weighted by Gasteiger charge is -2.34. The molecular weight excluding hydrogens is 342 g/mol. The van der Waals surface area contributed by atoms with Crippen LogP contribution in [0.15, 0.2) is 30.3 Å². The predicted molar refractivity (Wildman–Crippen MR) is 104 cm³/mol. The van der Waals surface area contributed by atoms with Gasteiger partial charge in [-0.2, -0.15) is 5.10 Å². The van der Waals surface area contributed by atoms with Crippen molar-refractivity contribution in [3.8, 4) is 0 Å². The van der Waals surface area contributed by atoms with Crippen molar-refractivity contribution in [2.24, 2.45) is 7.05 Å². The number of nitrogens with zero attached hydrogens (tertiary/aromatic N) is 4. The number of rotatable bonds is 5. The summed E-state index contributed by atoms with van der Waals surface area (Å²) >= 11 is 0. The Bertz CT molecular complexity index is 807. The van der Waals surface area contributed by atoms with Crippen LogP contribution < -0.4 is 5.32 Å². The Kier molecular flexibility index (Phi) is 5.91. The molecule has 7 nitrogen and oxygen atoms in total. The molecule has 1 fully saturated rings. The van der Waals surface area contributed by atoms with E-state index in [9.17, 15) is 9.59 Å². The van der Waals surface area contributed by atoms with E-state index in [1.807, 2.05) is 60.8 Å². The normalized spacial score (nSPS) is 15.0. The molecule has 0 saturated carbocycles. The van der Waals surface area contributed by atoms with Gasteiger partial charge in [-0.15, -0.1) is 0 Å². The second kappa shape index (κ2) is 8.35. The Morgan fingerprint density at radius 1 is 1.07 bits per heavy atom. The van der Waals surface area contributed by atoms with E-state index in [-0.39, 0.29) is 11.8 Å². The van der Waals surface area contributed by atoms with Crippen molar-refractivity contribution < 1.29 is 9.59 Å². The van der Waals surface area contributed by atoms with Crippen LogP contribution in [0.1, 0.15) is 17.0 Å². The van der Waals surface area contributed by atoms with Gasteiger partial charge in [0.15, 0.2) is 0 Å². The van der Waals surface area contributed by atoms with Gasteiger partial charge < -0.3 is 10.2 Å². The highest BCUT2D eigenvalue weighted by Gasteiger charge is 2.24. The van der Waals surface area contributed by atoms with Crippen molar-refractivity contribution in [2.75, 3.05) is 38.0 Å². The van der Waals surface area contributed by atoms with Gasteiger partial charge >= 0.3 is 0 Å². The zero-order valence-corrected chi connectivity index (χ0v) is 16.2. The first-order chi connectivity index (χ1) is 12.9. The molecule has 0 unspecified atom stereocenters. The fourth-order valence-corrected chi connectivity index (χ4v) is 3.42. The largest absolute Gasteiger partial charge is 0.340 e. The number of hydrogen-bond donors (Lipinski definition) is 1. The fourth-order valence-electron chi connectivity index (χ4n) is 3.42. The molecule has 1 N–H and O–H groups in total. The summed E-state index contributed by atoms with van der Waals surface area (Å²) in [6.07, 6.45) is 0.389. The van der Waals surface area contributed by atoms with Crippen LogP contribution in [0.5, 0.6) is 0 Å². The minimum atomic E-state index is -0.0254. The van der Waals surface area contributed by atoms with Crippen LogP contribution in [0.3, 0.4) is 0 Å². The van der Waals surface area contributed by atoms with Crippen molar-refractivity contribution in [3.05, 3.63) is 47.3 Å². The van der Waals surface area contributed by atoms with E-state index in [1.165, 1.54) is 0 Å². The zero-order valence-electron chi connectivity index (χ0n) is 16.2. The van der Waals surface area contributed by atoms with Gasteiger partial charge in [-0.25, -0.2) is 0 Å². The van der Waals surface area contributed by atoms with Gasteiger partial charge in [-0.05, 0) is 26.0 Å². The minimum absolute atomic E-state index is 0.0254. The molecule has 1 aromatic heterocycles. The van der Waals surface area contributed by atoms with Gasteiger partial charge in [0.05, 0.1) is 18.7 Å². The number of hydrogen-bond acceptors (Lipinski definition) is 4. The van der Waals surface area contributed by atoms with Crippen molar-refractivity contribution >= 4 is 17.5 Å². The van der Waals surface area contributed by atoms with E-state index < -0.39 is 0 Å². The molecule has 0 aliphatic carbocycles. The molecule has 2 amide bonds. The number of para-hydroxylation sites is 1. The average molecular weight is 369 g/mol. The third kappa shape index (κ3) is 4.74. The van der Waals surface area contributed by atoms with Crippen LogP contribution in [0.4, 0.5) is 5.69 Å². The van der Waals surface area contributed by atoms with E-state index in [2.05, 4.69) is 15.3 Å². The van der Waals surface area contributed by atoms with Crippen molar-refractivity contribution in [1.82, 2.24) is 19.6 Å². The number of piperazine rings is 1. The fraction of sp³-hybridized carbons (Fsp3) is 0.450. The molecule has 2 heterocycles. The van der Waals surface area contributed by atoms with Crippen LogP contribution in [0.25, 0.3) is 0 Å². The molecule has 7 heteroatoms. The first-order valence-electron chi connectivity index (χ1n) is 9.28. The summed E-state index contributed by atoms with van der Waals surface area (Å²) in [5.74, 6) is 0.102. The molecule has 1 aliphatic heterocycles. The summed E-state index contributed by atoms with van der Waals surface area (Å²) in [5, 5.41) is 7.28. The van der Waals surface area contributed by atoms with E-state index in [0.717, 1.165) is 22.6 Å². The first kappa shape index (κ1) is 19.1.